The highest BCUT2D eigenvalue weighted by atomic mass is 32.2. The van der Waals surface area contributed by atoms with Crippen LogP contribution in [0.2, 0.25) is 0 Å². The predicted molar refractivity (Wildman–Crippen MR) is 89.3 cm³/mol. The Kier molecular flexibility index (Phi) is 5.32. The fraction of sp³-hybridized carbons (Fsp3) is 0.467. The summed E-state index contributed by atoms with van der Waals surface area (Å²) in [4.78, 5) is 11.8. The van der Waals surface area contributed by atoms with Crippen molar-refractivity contribution < 1.29 is 17.7 Å². The fourth-order valence-corrected chi connectivity index (χ4v) is 5.72. The van der Waals surface area contributed by atoms with Gasteiger partial charge in [-0.1, -0.05) is 17.6 Å². The van der Waals surface area contributed by atoms with Gasteiger partial charge in [-0.3, -0.25) is 4.79 Å². The number of aromatic nitrogens is 1. The highest BCUT2D eigenvalue weighted by Gasteiger charge is 2.33. The van der Waals surface area contributed by atoms with Crippen LogP contribution in [0.1, 0.15) is 36.2 Å². The Morgan fingerprint density at radius 1 is 1.42 bits per heavy atom. The Labute approximate surface area is 144 Å². The predicted octanol–water partition coefficient (Wildman–Crippen LogP) is 2.10. The SMILES string of the molecule is O=C(NCCC1CCCCN1S(=O)(=O)c1cccs1)c1ccno1. The molecule has 0 aromatic carbocycles. The van der Waals surface area contributed by atoms with Gasteiger partial charge in [-0.05, 0) is 30.7 Å². The molecule has 1 amide bonds. The molecule has 2 aromatic rings. The Morgan fingerprint density at radius 2 is 2.29 bits per heavy atom. The van der Waals surface area contributed by atoms with Gasteiger partial charge in [0, 0.05) is 25.2 Å². The summed E-state index contributed by atoms with van der Waals surface area (Å²) < 4.78 is 32.3. The summed E-state index contributed by atoms with van der Waals surface area (Å²) in [6, 6.07) is 4.77. The van der Waals surface area contributed by atoms with Gasteiger partial charge < -0.3 is 9.84 Å². The molecule has 1 aliphatic rings. The van der Waals surface area contributed by atoms with E-state index in [4.69, 9.17) is 4.52 Å². The monoisotopic (exact) mass is 369 g/mol. The average molecular weight is 369 g/mol. The molecule has 3 heterocycles. The number of sulfonamides is 1. The van der Waals surface area contributed by atoms with Gasteiger partial charge in [-0.2, -0.15) is 4.31 Å². The van der Waals surface area contributed by atoms with E-state index < -0.39 is 10.0 Å². The summed E-state index contributed by atoms with van der Waals surface area (Å²) in [6.07, 6.45) is 4.65. The lowest BCUT2D eigenvalue weighted by Gasteiger charge is -2.34. The zero-order valence-corrected chi connectivity index (χ0v) is 14.7. The zero-order chi connectivity index (χ0) is 17.0. The first-order valence-corrected chi connectivity index (χ1v) is 10.2. The maximum Gasteiger partial charge on any atom is 0.289 e. The molecule has 2 aromatic heterocycles. The molecule has 24 heavy (non-hydrogen) atoms. The lowest BCUT2D eigenvalue weighted by molar-refractivity contribution is 0.0912. The fourth-order valence-electron chi connectivity index (χ4n) is 2.88. The third-order valence-electron chi connectivity index (χ3n) is 4.06. The van der Waals surface area contributed by atoms with Crippen LogP contribution < -0.4 is 5.32 Å². The van der Waals surface area contributed by atoms with Gasteiger partial charge in [-0.15, -0.1) is 11.3 Å². The van der Waals surface area contributed by atoms with Crippen LogP contribution in [0.4, 0.5) is 0 Å². The van der Waals surface area contributed by atoms with Crippen LogP contribution in [-0.2, 0) is 10.0 Å². The van der Waals surface area contributed by atoms with Crippen LogP contribution in [0.3, 0.4) is 0 Å². The van der Waals surface area contributed by atoms with E-state index in [0.717, 1.165) is 19.3 Å². The van der Waals surface area contributed by atoms with E-state index in [-0.39, 0.29) is 17.7 Å². The van der Waals surface area contributed by atoms with Crippen molar-refractivity contribution in [2.45, 2.75) is 35.9 Å². The smallest absolute Gasteiger partial charge is 0.289 e. The second-order valence-electron chi connectivity index (χ2n) is 5.62. The quantitative estimate of drug-likeness (QED) is 0.842. The molecule has 1 N–H and O–H groups in total. The van der Waals surface area contributed by atoms with Crippen LogP contribution in [0.15, 0.2) is 38.5 Å². The van der Waals surface area contributed by atoms with Crippen molar-refractivity contribution in [2.75, 3.05) is 13.1 Å². The molecule has 0 radical (unpaired) electrons. The van der Waals surface area contributed by atoms with Crippen molar-refractivity contribution >= 4 is 27.3 Å². The lowest BCUT2D eigenvalue weighted by Crippen LogP contribution is -2.44. The molecule has 1 unspecified atom stereocenters. The molecule has 1 aliphatic heterocycles. The van der Waals surface area contributed by atoms with E-state index in [2.05, 4.69) is 10.5 Å². The van der Waals surface area contributed by atoms with Gasteiger partial charge in [0.05, 0.1) is 6.20 Å². The van der Waals surface area contributed by atoms with Crippen molar-refractivity contribution in [1.29, 1.82) is 0 Å². The molecule has 3 rings (SSSR count). The molecular weight excluding hydrogens is 350 g/mol. The molecule has 9 heteroatoms. The molecule has 1 fully saturated rings. The molecule has 0 aliphatic carbocycles. The molecule has 0 saturated carbocycles. The third kappa shape index (κ3) is 3.68. The number of rotatable bonds is 6. The van der Waals surface area contributed by atoms with E-state index >= 15 is 0 Å². The van der Waals surface area contributed by atoms with Crippen molar-refractivity contribution in [3.05, 3.63) is 35.5 Å². The van der Waals surface area contributed by atoms with E-state index in [1.54, 1.807) is 21.8 Å². The number of carbonyl (C=O) groups excluding carboxylic acids is 1. The summed E-state index contributed by atoms with van der Waals surface area (Å²) >= 11 is 1.23. The Hall–Kier alpha value is -1.71. The molecule has 0 spiro atoms. The molecule has 1 saturated heterocycles. The molecule has 0 bridgehead atoms. The number of hydrogen-bond donors (Lipinski definition) is 1. The van der Waals surface area contributed by atoms with Crippen LogP contribution in [0.25, 0.3) is 0 Å². The average Bonchev–Trinajstić information content (AvgIpc) is 3.29. The second kappa shape index (κ2) is 7.45. The van der Waals surface area contributed by atoms with Gasteiger partial charge in [-0.25, -0.2) is 8.42 Å². The Balaban J connectivity index is 1.62. The zero-order valence-electron chi connectivity index (χ0n) is 13.1. The minimum Gasteiger partial charge on any atom is -0.351 e. The largest absolute Gasteiger partial charge is 0.351 e. The standard InChI is InChI=1S/C15H19N3O4S2/c19-15(13-7-9-17-22-13)16-8-6-12-4-1-2-10-18(12)24(20,21)14-5-3-11-23-14/h3,5,7,9,11-12H,1-2,4,6,8,10H2,(H,16,19). The number of thiophene rings is 1. The lowest BCUT2D eigenvalue weighted by atomic mass is 10.0. The molecular formula is C15H19N3O4S2. The minimum atomic E-state index is -3.45. The molecule has 1 atom stereocenters. The van der Waals surface area contributed by atoms with E-state index in [9.17, 15) is 13.2 Å². The summed E-state index contributed by atoms with van der Waals surface area (Å²) in [7, 11) is -3.45. The summed E-state index contributed by atoms with van der Waals surface area (Å²) in [5.41, 5.74) is 0. The Bertz CT molecular complexity index is 757. The van der Waals surface area contributed by atoms with Crippen LogP contribution in [0.5, 0.6) is 0 Å². The highest BCUT2D eigenvalue weighted by molar-refractivity contribution is 7.91. The third-order valence-corrected chi connectivity index (χ3v) is 7.38. The van der Waals surface area contributed by atoms with Crippen LogP contribution >= 0.6 is 11.3 Å². The van der Waals surface area contributed by atoms with Crippen molar-refractivity contribution in [2.24, 2.45) is 0 Å². The van der Waals surface area contributed by atoms with E-state index in [1.807, 2.05) is 0 Å². The summed E-state index contributed by atoms with van der Waals surface area (Å²) in [6.45, 7) is 0.918. The number of piperidine rings is 1. The number of hydrogen-bond acceptors (Lipinski definition) is 6. The first-order valence-electron chi connectivity index (χ1n) is 7.83. The van der Waals surface area contributed by atoms with Crippen molar-refractivity contribution in [1.82, 2.24) is 14.8 Å². The minimum absolute atomic E-state index is 0.0964. The number of nitrogens with zero attached hydrogens (tertiary/aromatic N) is 2. The van der Waals surface area contributed by atoms with Crippen LogP contribution in [-0.4, -0.2) is 42.9 Å². The summed E-state index contributed by atoms with van der Waals surface area (Å²) in [5, 5.41) is 8.01. The summed E-state index contributed by atoms with van der Waals surface area (Å²) in [5.74, 6) is -0.183. The highest BCUT2D eigenvalue weighted by Crippen LogP contribution is 2.29. The van der Waals surface area contributed by atoms with Gasteiger partial charge in [0.15, 0.2) is 0 Å². The van der Waals surface area contributed by atoms with Crippen LogP contribution in [0, 0.1) is 0 Å². The normalized spacial score (nSPS) is 19.2. The number of carbonyl (C=O) groups is 1. The van der Waals surface area contributed by atoms with Gasteiger partial charge in [0.2, 0.25) is 5.76 Å². The van der Waals surface area contributed by atoms with Gasteiger partial charge in [0.1, 0.15) is 4.21 Å². The van der Waals surface area contributed by atoms with E-state index in [0.29, 0.717) is 23.7 Å². The maximum absolute atomic E-state index is 12.8. The van der Waals surface area contributed by atoms with Gasteiger partial charge in [0.25, 0.3) is 15.9 Å². The number of amides is 1. The van der Waals surface area contributed by atoms with Crippen molar-refractivity contribution in [3.63, 3.8) is 0 Å². The van der Waals surface area contributed by atoms with Crippen molar-refractivity contribution in [3.8, 4) is 0 Å². The first-order chi connectivity index (χ1) is 11.6. The topological polar surface area (TPSA) is 92.5 Å². The van der Waals surface area contributed by atoms with E-state index in [1.165, 1.54) is 23.6 Å². The Morgan fingerprint density at radius 3 is 3.00 bits per heavy atom. The number of nitrogens with one attached hydrogen (secondary N) is 1. The van der Waals surface area contributed by atoms with Gasteiger partial charge >= 0.3 is 0 Å². The first kappa shape index (κ1) is 17.1. The maximum atomic E-state index is 12.8. The molecule has 7 nitrogen and oxygen atoms in total. The molecule has 130 valence electrons. The second-order valence-corrected chi connectivity index (χ2v) is 8.68.